The summed E-state index contributed by atoms with van der Waals surface area (Å²) in [6, 6.07) is 5.76. The van der Waals surface area contributed by atoms with Crippen LogP contribution >= 0.6 is 0 Å². The van der Waals surface area contributed by atoms with Gasteiger partial charge in [0.2, 0.25) is 10.0 Å². The van der Waals surface area contributed by atoms with Crippen molar-refractivity contribution in [2.24, 2.45) is 5.14 Å². The van der Waals surface area contributed by atoms with Gasteiger partial charge in [-0.05, 0) is 24.6 Å². The van der Waals surface area contributed by atoms with Crippen molar-refractivity contribution in [3.05, 3.63) is 29.8 Å². The smallest absolute Gasteiger partial charge is 0.253 e. The molecule has 0 aromatic heterocycles. The van der Waals surface area contributed by atoms with Crippen molar-refractivity contribution >= 4 is 15.9 Å². The first-order valence-electron chi connectivity index (χ1n) is 5.87. The summed E-state index contributed by atoms with van der Waals surface area (Å²) in [5, 5.41) is 5.05. The highest BCUT2D eigenvalue weighted by atomic mass is 32.2. The van der Waals surface area contributed by atoms with Crippen LogP contribution in [0.4, 0.5) is 0 Å². The number of methoxy groups -OCH3 is 1. The first-order chi connectivity index (χ1) is 8.91. The summed E-state index contributed by atoms with van der Waals surface area (Å²) < 4.78 is 27.7. The van der Waals surface area contributed by atoms with Gasteiger partial charge >= 0.3 is 0 Å². The number of likely N-dealkylation sites (tertiary alicyclic amines) is 1. The lowest BCUT2D eigenvalue weighted by molar-refractivity contribution is 0.0724. The monoisotopic (exact) mass is 284 g/mol. The van der Waals surface area contributed by atoms with Crippen LogP contribution in [0.3, 0.4) is 0 Å². The van der Waals surface area contributed by atoms with Crippen molar-refractivity contribution in [2.75, 3.05) is 20.2 Å². The molecule has 19 heavy (non-hydrogen) atoms. The molecule has 0 aliphatic carbocycles. The number of hydrogen-bond acceptors (Lipinski definition) is 4. The maximum atomic E-state index is 12.2. The van der Waals surface area contributed by atoms with Gasteiger partial charge in [0, 0.05) is 25.8 Å². The number of amides is 1. The fourth-order valence-electron chi connectivity index (χ4n) is 2.09. The van der Waals surface area contributed by atoms with E-state index in [2.05, 4.69) is 0 Å². The standard InChI is InChI=1S/C12H16N2O4S/c1-18-10-5-6-14(8-10)12(15)9-3-2-4-11(7-9)19(13,16)17/h2-4,7,10H,5-6,8H2,1H3,(H2,13,16,17). The molecular formula is C12H16N2O4S. The number of carbonyl (C=O) groups is 1. The average Bonchev–Trinajstić information content (AvgIpc) is 2.86. The zero-order valence-electron chi connectivity index (χ0n) is 10.6. The maximum Gasteiger partial charge on any atom is 0.253 e. The predicted octanol–water partition coefficient (Wildman–Crippen LogP) is 0.195. The summed E-state index contributed by atoms with van der Waals surface area (Å²) in [6.45, 7) is 1.13. The molecule has 1 saturated heterocycles. The Hall–Kier alpha value is -1.44. The van der Waals surface area contributed by atoms with Gasteiger partial charge in [0.15, 0.2) is 0 Å². The van der Waals surface area contributed by atoms with Crippen LogP contribution in [0.5, 0.6) is 0 Å². The van der Waals surface area contributed by atoms with E-state index in [0.29, 0.717) is 18.7 Å². The van der Waals surface area contributed by atoms with E-state index in [9.17, 15) is 13.2 Å². The molecular weight excluding hydrogens is 268 g/mol. The Morgan fingerprint density at radius 1 is 1.47 bits per heavy atom. The Balaban J connectivity index is 2.21. The van der Waals surface area contributed by atoms with E-state index in [0.717, 1.165) is 6.42 Å². The van der Waals surface area contributed by atoms with Crippen molar-refractivity contribution in [3.63, 3.8) is 0 Å². The lowest BCUT2D eigenvalue weighted by Gasteiger charge is -2.16. The summed E-state index contributed by atoms with van der Waals surface area (Å²) in [5.41, 5.74) is 0.322. The number of nitrogens with two attached hydrogens (primary N) is 1. The predicted molar refractivity (Wildman–Crippen MR) is 69.1 cm³/mol. The van der Waals surface area contributed by atoms with Gasteiger partial charge in [0.25, 0.3) is 5.91 Å². The molecule has 0 spiro atoms. The van der Waals surface area contributed by atoms with E-state index in [4.69, 9.17) is 9.88 Å². The molecule has 1 aliphatic heterocycles. The lowest BCUT2D eigenvalue weighted by Crippen LogP contribution is -2.30. The number of carbonyl (C=O) groups excluding carboxylic acids is 1. The van der Waals surface area contributed by atoms with Crippen molar-refractivity contribution in [1.82, 2.24) is 4.90 Å². The van der Waals surface area contributed by atoms with Crippen molar-refractivity contribution in [1.29, 1.82) is 0 Å². The van der Waals surface area contributed by atoms with Crippen molar-refractivity contribution < 1.29 is 17.9 Å². The Morgan fingerprint density at radius 3 is 2.79 bits per heavy atom. The number of benzene rings is 1. The number of sulfonamides is 1. The largest absolute Gasteiger partial charge is 0.380 e. The third-order valence-electron chi connectivity index (χ3n) is 3.18. The summed E-state index contributed by atoms with van der Waals surface area (Å²) >= 11 is 0. The first-order valence-corrected chi connectivity index (χ1v) is 7.41. The van der Waals surface area contributed by atoms with E-state index in [1.165, 1.54) is 18.2 Å². The van der Waals surface area contributed by atoms with Crippen LogP contribution in [0, 0.1) is 0 Å². The molecule has 1 heterocycles. The second-order valence-electron chi connectivity index (χ2n) is 4.47. The molecule has 0 saturated carbocycles. The molecule has 1 fully saturated rings. The van der Waals surface area contributed by atoms with E-state index in [1.54, 1.807) is 18.1 Å². The summed E-state index contributed by atoms with van der Waals surface area (Å²) in [7, 11) is -2.18. The number of hydrogen-bond donors (Lipinski definition) is 1. The zero-order chi connectivity index (χ0) is 14.0. The zero-order valence-corrected chi connectivity index (χ0v) is 11.4. The Labute approximate surface area is 112 Å². The third kappa shape index (κ3) is 3.12. The Kier molecular flexibility index (Phi) is 3.88. The molecule has 1 unspecified atom stereocenters. The van der Waals surface area contributed by atoms with E-state index >= 15 is 0 Å². The number of nitrogens with zero attached hydrogens (tertiary/aromatic N) is 1. The average molecular weight is 284 g/mol. The fraction of sp³-hybridized carbons (Fsp3) is 0.417. The molecule has 7 heteroatoms. The molecule has 1 aromatic carbocycles. The highest BCUT2D eigenvalue weighted by Gasteiger charge is 2.27. The van der Waals surface area contributed by atoms with E-state index < -0.39 is 10.0 Å². The maximum absolute atomic E-state index is 12.2. The highest BCUT2D eigenvalue weighted by Crippen LogP contribution is 2.17. The van der Waals surface area contributed by atoms with Crippen LogP contribution in [0.25, 0.3) is 0 Å². The van der Waals surface area contributed by atoms with Crippen LogP contribution in [0.15, 0.2) is 29.2 Å². The summed E-state index contributed by atoms with van der Waals surface area (Å²) in [6.07, 6.45) is 0.835. The molecule has 2 rings (SSSR count). The van der Waals surface area contributed by atoms with Crippen LogP contribution in [-0.2, 0) is 14.8 Å². The van der Waals surface area contributed by atoms with Crippen LogP contribution in [0.2, 0.25) is 0 Å². The number of rotatable bonds is 3. The van der Waals surface area contributed by atoms with Gasteiger partial charge in [-0.2, -0.15) is 0 Å². The second kappa shape index (κ2) is 5.28. The van der Waals surface area contributed by atoms with Gasteiger partial charge in [-0.1, -0.05) is 6.07 Å². The fourth-order valence-corrected chi connectivity index (χ4v) is 2.65. The molecule has 1 atom stereocenters. The topological polar surface area (TPSA) is 89.7 Å². The molecule has 1 amide bonds. The lowest BCUT2D eigenvalue weighted by atomic mass is 10.2. The second-order valence-corrected chi connectivity index (χ2v) is 6.03. The molecule has 2 N–H and O–H groups in total. The van der Waals surface area contributed by atoms with Crippen LogP contribution in [-0.4, -0.2) is 45.5 Å². The molecule has 1 aromatic rings. The molecule has 0 bridgehead atoms. The van der Waals surface area contributed by atoms with Crippen molar-refractivity contribution in [2.45, 2.75) is 17.4 Å². The van der Waals surface area contributed by atoms with Gasteiger partial charge in [0.05, 0.1) is 11.0 Å². The van der Waals surface area contributed by atoms with Gasteiger partial charge in [-0.25, -0.2) is 13.6 Å². The molecule has 104 valence electrons. The van der Waals surface area contributed by atoms with Crippen LogP contribution in [0.1, 0.15) is 16.8 Å². The van der Waals surface area contributed by atoms with Crippen LogP contribution < -0.4 is 5.14 Å². The minimum absolute atomic E-state index is 0.0466. The van der Waals surface area contributed by atoms with Gasteiger partial charge in [0.1, 0.15) is 0 Å². The van der Waals surface area contributed by atoms with Gasteiger partial charge < -0.3 is 9.64 Å². The SMILES string of the molecule is COC1CCN(C(=O)c2cccc(S(N)(=O)=O)c2)C1. The molecule has 0 radical (unpaired) electrons. The highest BCUT2D eigenvalue weighted by molar-refractivity contribution is 7.89. The minimum atomic E-state index is -3.79. The van der Waals surface area contributed by atoms with E-state index in [-0.39, 0.29) is 16.9 Å². The number of primary sulfonamides is 1. The summed E-state index contributed by atoms with van der Waals surface area (Å²) in [5.74, 6) is -0.204. The first kappa shape index (κ1) is 14.0. The minimum Gasteiger partial charge on any atom is -0.380 e. The summed E-state index contributed by atoms with van der Waals surface area (Å²) in [4.78, 5) is 13.8. The van der Waals surface area contributed by atoms with Crippen molar-refractivity contribution in [3.8, 4) is 0 Å². The van der Waals surface area contributed by atoms with Gasteiger partial charge in [-0.3, -0.25) is 4.79 Å². The third-order valence-corrected chi connectivity index (χ3v) is 4.09. The quantitative estimate of drug-likeness (QED) is 0.858. The normalized spacial score (nSPS) is 19.7. The Morgan fingerprint density at radius 2 is 2.21 bits per heavy atom. The Bertz CT molecular complexity index is 585. The van der Waals surface area contributed by atoms with Gasteiger partial charge in [-0.15, -0.1) is 0 Å². The molecule has 1 aliphatic rings. The van der Waals surface area contributed by atoms with E-state index in [1.807, 2.05) is 0 Å². The number of ether oxygens (including phenoxy) is 1. The molecule has 6 nitrogen and oxygen atoms in total.